The van der Waals surface area contributed by atoms with Crippen molar-refractivity contribution in [2.75, 3.05) is 4.72 Å². The van der Waals surface area contributed by atoms with Crippen LogP contribution < -0.4 is 4.72 Å². The molecule has 0 spiro atoms. The predicted octanol–water partition coefficient (Wildman–Crippen LogP) is 3.15. The molecule has 0 aliphatic rings. The number of nitrogens with one attached hydrogen (secondary N) is 1. The van der Waals surface area contributed by atoms with Crippen LogP contribution in [0.4, 0.5) is 5.82 Å². The predicted molar refractivity (Wildman–Crippen MR) is 86.5 cm³/mol. The maximum atomic E-state index is 12.4. The van der Waals surface area contributed by atoms with Crippen LogP contribution in [0.1, 0.15) is 11.3 Å². The lowest BCUT2D eigenvalue weighted by Crippen LogP contribution is -2.13. The third kappa shape index (κ3) is 3.40. The monoisotopic (exact) mass is 329 g/mol. The van der Waals surface area contributed by atoms with Crippen LogP contribution in [0, 0.1) is 13.8 Å². The summed E-state index contributed by atoms with van der Waals surface area (Å²) in [6.07, 6.45) is 1.56. The third-order valence-electron chi connectivity index (χ3n) is 3.23. The summed E-state index contributed by atoms with van der Waals surface area (Å²) in [6.45, 7) is 3.69. The highest BCUT2D eigenvalue weighted by molar-refractivity contribution is 7.92. The number of rotatable bonds is 4. The first-order valence-corrected chi connectivity index (χ1v) is 8.41. The first kappa shape index (κ1) is 15.2. The molecule has 0 bridgehead atoms. The Morgan fingerprint density at radius 1 is 1.04 bits per heavy atom. The fourth-order valence-corrected chi connectivity index (χ4v) is 3.09. The molecule has 2 heterocycles. The molecule has 118 valence electrons. The Bertz CT molecular complexity index is 931. The van der Waals surface area contributed by atoms with Crippen LogP contribution in [0.15, 0.2) is 58.1 Å². The van der Waals surface area contributed by atoms with Gasteiger partial charge in [0.15, 0.2) is 5.76 Å². The number of anilines is 1. The van der Waals surface area contributed by atoms with E-state index in [1.807, 2.05) is 13.8 Å². The molecule has 23 heavy (non-hydrogen) atoms. The van der Waals surface area contributed by atoms with E-state index in [1.54, 1.807) is 36.5 Å². The average molecular weight is 329 g/mol. The second-order valence-corrected chi connectivity index (χ2v) is 6.86. The van der Waals surface area contributed by atoms with Crippen molar-refractivity contribution in [2.24, 2.45) is 0 Å². The summed E-state index contributed by atoms with van der Waals surface area (Å²) in [5, 5.41) is 3.81. The van der Waals surface area contributed by atoms with Gasteiger partial charge in [-0.1, -0.05) is 5.16 Å². The van der Waals surface area contributed by atoms with E-state index in [1.165, 1.54) is 12.1 Å². The molecule has 0 aliphatic carbocycles. The van der Waals surface area contributed by atoms with Crippen LogP contribution in [0.5, 0.6) is 0 Å². The van der Waals surface area contributed by atoms with E-state index in [9.17, 15) is 8.42 Å². The second kappa shape index (κ2) is 5.85. The van der Waals surface area contributed by atoms with Crippen LogP contribution in [-0.4, -0.2) is 18.6 Å². The van der Waals surface area contributed by atoms with Gasteiger partial charge in [0.05, 0.1) is 10.6 Å². The SMILES string of the molecule is Cc1ccnc(NS(=O)(=O)c2ccc(-c3cc(C)no3)cc2)c1. The summed E-state index contributed by atoms with van der Waals surface area (Å²) >= 11 is 0. The molecule has 0 amide bonds. The topological polar surface area (TPSA) is 85.1 Å². The van der Waals surface area contributed by atoms with Gasteiger partial charge in [-0.25, -0.2) is 13.4 Å². The van der Waals surface area contributed by atoms with Gasteiger partial charge in [0, 0.05) is 17.8 Å². The highest BCUT2D eigenvalue weighted by Gasteiger charge is 2.15. The van der Waals surface area contributed by atoms with Gasteiger partial charge < -0.3 is 4.52 Å². The summed E-state index contributed by atoms with van der Waals surface area (Å²) in [4.78, 5) is 4.16. The van der Waals surface area contributed by atoms with Gasteiger partial charge in [0.25, 0.3) is 10.0 Å². The molecule has 1 N–H and O–H groups in total. The molecule has 6 nitrogen and oxygen atoms in total. The maximum absolute atomic E-state index is 12.4. The van der Waals surface area contributed by atoms with Crippen LogP contribution in [0.3, 0.4) is 0 Å². The number of aryl methyl sites for hydroxylation is 2. The lowest BCUT2D eigenvalue weighted by atomic mass is 10.2. The summed E-state index contributed by atoms with van der Waals surface area (Å²) in [5.74, 6) is 0.889. The Balaban J connectivity index is 1.86. The summed E-state index contributed by atoms with van der Waals surface area (Å²) in [6, 6.07) is 11.7. The van der Waals surface area contributed by atoms with Gasteiger partial charge in [-0.15, -0.1) is 0 Å². The van der Waals surface area contributed by atoms with Crippen LogP contribution >= 0.6 is 0 Å². The van der Waals surface area contributed by atoms with Crippen molar-refractivity contribution in [1.29, 1.82) is 0 Å². The highest BCUT2D eigenvalue weighted by Crippen LogP contribution is 2.23. The Morgan fingerprint density at radius 3 is 2.39 bits per heavy atom. The number of hydrogen-bond donors (Lipinski definition) is 1. The lowest BCUT2D eigenvalue weighted by molar-refractivity contribution is 0.427. The van der Waals surface area contributed by atoms with Gasteiger partial charge >= 0.3 is 0 Å². The van der Waals surface area contributed by atoms with Crippen LogP contribution in [0.2, 0.25) is 0 Å². The van der Waals surface area contributed by atoms with E-state index in [0.717, 1.165) is 16.8 Å². The number of aromatic nitrogens is 2. The van der Waals surface area contributed by atoms with E-state index in [2.05, 4.69) is 14.9 Å². The summed E-state index contributed by atoms with van der Waals surface area (Å²) < 4.78 is 32.4. The quantitative estimate of drug-likeness (QED) is 0.794. The van der Waals surface area contributed by atoms with Crippen LogP contribution in [0.25, 0.3) is 11.3 Å². The molecule has 3 aromatic rings. The molecule has 0 radical (unpaired) electrons. The minimum Gasteiger partial charge on any atom is -0.356 e. The molecule has 1 aromatic carbocycles. The second-order valence-electron chi connectivity index (χ2n) is 5.18. The summed E-state index contributed by atoms with van der Waals surface area (Å²) in [7, 11) is -3.68. The molecule has 0 unspecified atom stereocenters. The largest absolute Gasteiger partial charge is 0.356 e. The van der Waals surface area contributed by atoms with Crippen molar-refractivity contribution in [3.05, 3.63) is 59.9 Å². The molecule has 7 heteroatoms. The fraction of sp³-hybridized carbons (Fsp3) is 0.125. The van der Waals surface area contributed by atoms with E-state index >= 15 is 0 Å². The number of benzene rings is 1. The Kier molecular flexibility index (Phi) is 3.87. The van der Waals surface area contributed by atoms with Crippen LogP contribution in [-0.2, 0) is 10.0 Å². The minimum absolute atomic E-state index is 0.154. The normalized spacial score (nSPS) is 11.4. The number of pyridine rings is 1. The van der Waals surface area contributed by atoms with Crippen molar-refractivity contribution in [1.82, 2.24) is 10.1 Å². The third-order valence-corrected chi connectivity index (χ3v) is 4.60. The zero-order valence-corrected chi connectivity index (χ0v) is 13.5. The van der Waals surface area contributed by atoms with E-state index < -0.39 is 10.0 Å². The van der Waals surface area contributed by atoms with Crippen molar-refractivity contribution < 1.29 is 12.9 Å². The Labute approximate surface area is 134 Å². The standard InChI is InChI=1S/C16H15N3O3S/c1-11-7-8-17-16(9-11)19-23(20,21)14-5-3-13(4-6-14)15-10-12(2)18-22-15/h3-10H,1-2H3,(H,17,19). The first-order valence-electron chi connectivity index (χ1n) is 6.93. The number of sulfonamides is 1. The van der Waals surface area contributed by atoms with Crippen molar-refractivity contribution >= 4 is 15.8 Å². The zero-order chi connectivity index (χ0) is 16.4. The molecule has 0 fully saturated rings. The molecule has 0 saturated heterocycles. The van der Waals surface area contributed by atoms with E-state index in [4.69, 9.17) is 4.52 Å². The number of hydrogen-bond acceptors (Lipinski definition) is 5. The van der Waals surface area contributed by atoms with Gasteiger partial charge in [-0.3, -0.25) is 4.72 Å². The molecule has 2 aromatic heterocycles. The van der Waals surface area contributed by atoms with E-state index in [0.29, 0.717) is 11.6 Å². The molecule has 0 atom stereocenters. The Morgan fingerprint density at radius 2 is 1.78 bits per heavy atom. The zero-order valence-electron chi connectivity index (χ0n) is 12.6. The summed E-state index contributed by atoms with van der Waals surface area (Å²) in [5.41, 5.74) is 2.45. The van der Waals surface area contributed by atoms with Crippen molar-refractivity contribution in [3.8, 4) is 11.3 Å². The first-order chi connectivity index (χ1) is 10.9. The number of nitrogens with zero attached hydrogens (tertiary/aromatic N) is 2. The molecular formula is C16H15N3O3S. The molecular weight excluding hydrogens is 314 g/mol. The smallest absolute Gasteiger partial charge is 0.263 e. The highest BCUT2D eigenvalue weighted by atomic mass is 32.2. The van der Waals surface area contributed by atoms with Gasteiger partial charge in [-0.05, 0) is 55.8 Å². The lowest BCUT2D eigenvalue weighted by Gasteiger charge is -2.08. The molecule has 0 saturated carbocycles. The van der Waals surface area contributed by atoms with Crippen molar-refractivity contribution in [2.45, 2.75) is 18.7 Å². The average Bonchev–Trinajstić information content (AvgIpc) is 2.93. The van der Waals surface area contributed by atoms with Gasteiger partial charge in [0.2, 0.25) is 0 Å². The minimum atomic E-state index is -3.68. The molecule has 0 aliphatic heterocycles. The maximum Gasteiger partial charge on any atom is 0.263 e. The Hall–Kier alpha value is -2.67. The van der Waals surface area contributed by atoms with Gasteiger partial charge in [-0.2, -0.15) is 0 Å². The van der Waals surface area contributed by atoms with E-state index in [-0.39, 0.29) is 4.90 Å². The fourth-order valence-electron chi connectivity index (χ4n) is 2.09. The molecule has 3 rings (SSSR count). The van der Waals surface area contributed by atoms with Crippen molar-refractivity contribution in [3.63, 3.8) is 0 Å². The van der Waals surface area contributed by atoms with Gasteiger partial charge in [0.1, 0.15) is 5.82 Å².